The van der Waals surface area contributed by atoms with Crippen molar-refractivity contribution in [2.45, 2.75) is 19.8 Å². The lowest BCUT2D eigenvalue weighted by atomic mass is 9.98. The molecule has 5 rings (SSSR count). The molecule has 1 aliphatic rings. The molecule has 0 amide bonds. The molecule has 4 heterocycles. The molecule has 0 radical (unpaired) electrons. The van der Waals surface area contributed by atoms with Crippen LogP contribution in [0.1, 0.15) is 22.9 Å². The summed E-state index contributed by atoms with van der Waals surface area (Å²) >= 11 is 0. The number of phenolic OH excluding ortho intramolecular Hbond substituents is 1. The Hall–Kier alpha value is -3.25. The molecule has 0 unspecified atom stereocenters. The number of aryl methyl sites for hydroxylation is 2. The van der Waals surface area contributed by atoms with Crippen molar-refractivity contribution < 1.29 is 5.11 Å². The van der Waals surface area contributed by atoms with Crippen LogP contribution in [0.5, 0.6) is 5.75 Å². The molecule has 0 atom stereocenters. The van der Waals surface area contributed by atoms with E-state index in [-0.39, 0.29) is 5.75 Å². The minimum atomic E-state index is 0.199. The van der Waals surface area contributed by atoms with Crippen molar-refractivity contribution in [1.29, 1.82) is 0 Å². The van der Waals surface area contributed by atoms with Gasteiger partial charge < -0.3 is 14.8 Å². The van der Waals surface area contributed by atoms with E-state index >= 15 is 0 Å². The first-order chi connectivity index (χ1) is 13.6. The molecule has 4 aromatic rings. The highest BCUT2D eigenvalue weighted by molar-refractivity contribution is 5.75. The number of rotatable bonds is 3. The van der Waals surface area contributed by atoms with Crippen LogP contribution in [0.25, 0.3) is 28.0 Å². The zero-order valence-corrected chi connectivity index (χ0v) is 15.8. The van der Waals surface area contributed by atoms with Gasteiger partial charge in [-0.3, -0.25) is 0 Å². The van der Waals surface area contributed by atoms with Crippen LogP contribution in [-0.2, 0) is 0 Å². The summed E-state index contributed by atoms with van der Waals surface area (Å²) in [6, 6.07) is 11.7. The molecule has 140 valence electrons. The Labute approximate surface area is 162 Å². The van der Waals surface area contributed by atoms with Crippen molar-refractivity contribution in [2.24, 2.45) is 0 Å². The zero-order valence-electron chi connectivity index (χ0n) is 15.8. The number of hydrogen-bond acceptors (Lipinski definition) is 5. The van der Waals surface area contributed by atoms with Gasteiger partial charge in [0.25, 0.3) is 0 Å². The summed E-state index contributed by atoms with van der Waals surface area (Å²) < 4.78 is 2.03. The molecular weight excluding hydrogens is 350 g/mol. The summed E-state index contributed by atoms with van der Waals surface area (Å²) in [6.45, 7) is 5.94. The fraction of sp³-hybridized carbons (Fsp3) is 0.227. The number of nitrogens with zero attached hydrogens (tertiary/aromatic N) is 4. The van der Waals surface area contributed by atoms with Crippen LogP contribution in [0, 0.1) is 13.8 Å². The van der Waals surface area contributed by atoms with Gasteiger partial charge in [0.15, 0.2) is 0 Å². The Morgan fingerprint density at radius 2 is 1.86 bits per heavy atom. The largest absolute Gasteiger partial charge is 0.507 e. The lowest BCUT2D eigenvalue weighted by Crippen LogP contribution is -2.40. The van der Waals surface area contributed by atoms with E-state index in [1.54, 1.807) is 6.07 Å². The van der Waals surface area contributed by atoms with E-state index in [9.17, 15) is 5.11 Å². The van der Waals surface area contributed by atoms with Gasteiger partial charge in [-0.1, -0.05) is 6.07 Å². The topological polar surface area (TPSA) is 75.3 Å². The SMILES string of the molecule is Cc1cn2cc(-c3ccc(-c4ccc(C5CNC5)nn4)c(O)c3)cc(C)c2n1. The second-order valence-corrected chi connectivity index (χ2v) is 7.46. The summed E-state index contributed by atoms with van der Waals surface area (Å²) in [6.07, 6.45) is 4.05. The number of benzene rings is 1. The van der Waals surface area contributed by atoms with Crippen molar-refractivity contribution in [2.75, 3.05) is 13.1 Å². The highest BCUT2D eigenvalue weighted by Crippen LogP contribution is 2.33. The third kappa shape index (κ3) is 2.82. The smallest absolute Gasteiger partial charge is 0.139 e. The van der Waals surface area contributed by atoms with Crippen LogP contribution in [0.3, 0.4) is 0 Å². The average Bonchev–Trinajstić information content (AvgIpc) is 3.02. The molecule has 2 N–H and O–H groups in total. The highest BCUT2D eigenvalue weighted by Gasteiger charge is 2.20. The number of nitrogens with one attached hydrogen (secondary N) is 1. The molecular formula is C22H21N5O. The van der Waals surface area contributed by atoms with Gasteiger partial charge in [0.05, 0.1) is 17.1 Å². The third-order valence-electron chi connectivity index (χ3n) is 5.35. The van der Waals surface area contributed by atoms with Gasteiger partial charge in [-0.15, -0.1) is 0 Å². The summed E-state index contributed by atoms with van der Waals surface area (Å²) in [5.74, 6) is 0.645. The van der Waals surface area contributed by atoms with Gasteiger partial charge in [0, 0.05) is 37.0 Å². The minimum absolute atomic E-state index is 0.199. The molecule has 1 saturated heterocycles. The standard InChI is InChI=1S/C22H21N5O/c1-13-7-16(12-27-11-14(2)24-22(13)27)15-3-4-18(21(28)8-15)20-6-5-19(25-26-20)17-9-23-10-17/h3-8,11-12,17,23,28H,9-10H2,1-2H3. The number of hydrogen-bond donors (Lipinski definition) is 2. The molecule has 6 nitrogen and oxygen atoms in total. The number of fused-ring (bicyclic) bond motifs is 1. The van der Waals surface area contributed by atoms with Crippen LogP contribution in [0.2, 0.25) is 0 Å². The van der Waals surface area contributed by atoms with Crippen LogP contribution in [0.15, 0.2) is 48.8 Å². The molecule has 3 aromatic heterocycles. The summed E-state index contributed by atoms with van der Waals surface area (Å²) in [7, 11) is 0. The third-order valence-corrected chi connectivity index (χ3v) is 5.35. The molecule has 0 spiro atoms. The average molecular weight is 371 g/mol. The normalized spacial score (nSPS) is 14.4. The number of phenols is 1. The number of aromatic hydroxyl groups is 1. The number of imidazole rings is 1. The molecule has 1 fully saturated rings. The second-order valence-electron chi connectivity index (χ2n) is 7.46. The first-order valence-electron chi connectivity index (χ1n) is 9.42. The lowest BCUT2D eigenvalue weighted by molar-refractivity contribution is 0.436. The summed E-state index contributed by atoms with van der Waals surface area (Å²) in [5, 5.41) is 22.5. The molecule has 1 aromatic carbocycles. The van der Waals surface area contributed by atoms with Crippen LogP contribution >= 0.6 is 0 Å². The van der Waals surface area contributed by atoms with E-state index in [0.29, 0.717) is 17.2 Å². The van der Waals surface area contributed by atoms with Crippen LogP contribution in [0.4, 0.5) is 0 Å². The monoisotopic (exact) mass is 371 g/mol. The van der Waals surface area contributed by atoms with Gasteiger partial charge in [0.2, 0.25) is 0 Å². The highest BCUT2D eigenvalue weighted by atomic mass is 16.3. The first-order valence-corrected chi connectivity index (χ1v) is 9.42. The predicted octanol–water partition coefficient (Wildman–Crippen LogP) is 3.47. The van der Waals surface area contributed by atoms with E-state index in [1.165, 1.54) is 0 Å². The summed E-state index contributed by atoms with van der Waals surface area (Å²) in [5.41, 5.74) is 7.38. The van der Waals surface area contributed by atoms with Gasteiger partial charge in [0.1, 0.15) is 11.4 Å². The number of pyridine rings is 1. The van der Waals surface area contributed by atoms with Gasteiger partial charge >= 0.3 is 0 Å². The van der Waals surface area contributed by atoms with Crippen molar-refractivity contribution in [3.63, 3.8) is 0 Å². The number of aromatic nitrogens is 4. The fourth-order valence-electron chi connectivity index (χ4n) is 3.68. The van der Waals surface area contributed by atoms with E-state index in [0.717, 1.165) is 46.8 Å². The molecule has 0 bridgehead atoms. The maximum atomic E-state index is 10.6. The Balaban J connectivity index is 1.49. The Kier molecular flexibility index (Phi) is 3.87. The van der Waals surface area contributed by atoms with E-state index in [2.05, 4.69) is 26.6 Å². The van der Waals surface area contributed by atoms with Gasteiger partial charge in [-0.05, 0) is 60.9 Å². The predicted molar refractivity (Wildman–Crippen MR) is 108 cm³/mol. The van der Waals surface area contributed by atoms with Crippen molar-refractivity contribution in [3.8, 4) is 28.1 Å². The Bertz CT molecular complexity index is 1180. The van der Waals surface area contributed by atoms with Crippen LogP contribution in [-0.4, -0.2) is 37.8 Å². The summed E-state index contributed by atoms with van der Waals surface area (Å²) in [4.78, 5) is 4.54. The van der Waals surface area contributed by atoms with Gasteiger partial charge in [-0.2, -0.15) is 10.2 Å². The van der Waals surface area contributed by atoms with E-state index in [1.807, 2.05) is 54.9 Å². The van der Waals surface area contributed by atoms with Crippen molar-refractivity contribution in [3.05, 3.63) is 65.7 Å². The van der Waals surface area contributed by atoms with E-state index in [4.69, 9.17) is 0 Å². The maximum Gasteiger partial charge on any atom is 0.139 e. The first kappa shape index (κ1) is 16.9. The van der Waals surface area contributed by atoms with Crippen LogP contribution < -0.4 is 5.32 Å². The minimum Gasteiger partial charge on any atom is -0.507 e. The van der Waals surface area contributed by atoms with Crippen molar-refractivity contribution in [1.82, 2.24) is 24.9 Å². The quantitative estimate of drug-likeness (QED) is 0.577. The molecule has 0 saturated carbocycles. The Morgan fingerprint density at radius 3 is 2.54 bits per heavy atom. The lowest BCUT2D eigenvalue weighted by Gasteiger charge is -2.25. The second kappa shape index (κ2) is 6.42. The zero-order chi connectivity index (χ0) is 19.3. The van der Waals surface area contributed by atoms with E-state index < -0.39 is 0 Å². The molecule has 0 aliphatic carbocycles. The van der Waals surface area contributed by atoms with Crippen molar-refractivity contribution >= 4 is 5.65 Å². The fourth-order valence-corrected chi connectivity index (χ4v) is 3.68. The molecule has 6 heteroatoms. The van der Waals surface area contributed by atoms with Gasteiger partial charge in [-0.25, -0.2) is 4.98 Å². The Morgan fingerprint density at radius 1 is 1.00 bits per heavy atom. The molecule has 1 aliphatic heterocycles. The molecule has 28 heavy (non-hydrogen) atoms. The maximum absolute atomic E-state index is 10.6.